The van der Waals surface area contributed by atoms with Crippen LogP contribution in [-0.4, -0.2) is 28.8 Å². The Labute approximate surface area is 168 Å². The van der Waals surface area contributed by atoms with E-state index in [2.05, 4.69) is 10.3 Å². The highest BCUT2D eigenvalue weighted by Gasteiger charge is 2.17. The zero-order chi connectivity index (χ0) is 19.7. The van der Waals surface area contributed by atoms with Crippen LogP contribution in [0, 0.1) is 6.92 Å². The quantitative estimate of drug-likeness (QED) is 0.662. The lowest BCUT2D eigenvalue weighted by atomic mass is 10.1. The Morgan fingerprint density at radius 1 is 1.14 bits per heavy atom. The van der Waals surface area contributed by atoms with Crippen LogP contribution in [0.15, 0.2) is 47.3 Å². The molecule has 0 atom stereocenters. The number of aromatic amines is 1. The van der Waals surface area contributed by atoms with E-state index >= 15 is 0 Å². The first kappa shape index (κ1) is 18.3. The molecule has 3 aromatic rings. The summed E-state index contributed by atoms with van der Waals surface area (Å²) in [6.07, 6.45) is 0. The fraction of sp³-hybridized carbons (Fsp3) is 0.238. The molecule has 2 N–H and O–H groups in total. The van der Waals surface area contributed by atoms with Crippen molar-refractivity contribution in [2.24, 2.45) is 0 Å². The first-order valence-electron chi connectivity index (χ1n) is 9.01. The average Bonchev–Trinajstić information content (AvgIpc) is 3.15. The summed E-state index contributed by atoms with van der Waals surface area (Å²) in [5.74, 6) is 1.47. The lowest BCUT2D eigenvalue weighted by molar-refractivity contribution is 0.174. The third-order valence-electron chi connectivity index (χ3n) is 4.75. The van der Waals surface area contributed by atoms with Gasteiger partial charge in [0.05, 0.1) is 6.54 Å². The maximum Gasteiger partial charge on any atom is 0.253 e. The van der Waals surface area contributed by atoms with Crippen molar-refractivity contribution in [3.8, 4) is 11.5 Å². The molecular formula is C21H21N3O3S. The summed E-state index contributed by atoms with van der Waals surface area (Å²) in [5, 5.41) is 4.58. The zero-order valence-corrected chi connectivity index (χ0v) is 16.6. The molecule has 0 aliphatic carbocycles. The number of hydrogen-bond donors (Lipinski definition) is 2. The first-order valence-corrected chi connectivity index (χ1v) is 9.42. The van der Waals surface area contributed by atoms with Gasteiger partial charge in [-0.3, -0.25) is 4.79 Å². The van der Waals surface area contributed by atoms with Gasteiger partial charge in [0.2, 0.25) is 6.79 Å². The van der Waals surface area contributed by atoms with Crippen LogP contribution >= 0.6 is 12.2 Å². The van der Waals surface area contributed by atoms with E-state index in [0.29, 0.717) is 23.8 Å². The van der Waals surface area contributed by atoms with E-state index in [-0.39, 0.29) is 12.4 Å². The molecule has 4 rings (SSSR count). The lowest BCUT2D eigenvalue weighted by Gasteiger charge is -2.25. The highest BCUT2D eigenvalue weighted by atomic mass is 32.1. The summed E-state index contributed by atoms with van der Waals surface area (Å²) in [5.41, 5.74) is 3.53. The minimum atomic E-state index is -0.104. The Morgan fingerprint density at radius 2 is 1.96 bits per heavy atom. The fourth-order valence-electron chi connectivity index (χ4n) is 3.30. The van der Waals surface area contributed by atoms with Crippen LogP contribution in [0.3, 0.4) is 0 Å². The molecule has 7 heteroatoms. The van der Waals surface area contributed by atoms with Crippen molar-refractivity contribution in [1.82, 2.24) is 15.2 Å². The van der Waals surface area contributed by atoms with Crippen molar-refractivity contribution in [1.29, 1.82) is 0 Å². The molecule has 2 aromatic carbocycles. The van der Waals surface area contributed by atoms with E-state index in [9.17, 15) is 4.79 Å². The molecule has 1 aliphatic heterocycles. The molecule has 0 unspecified atom stereocenters. The summed E-state index contributed by atoms with van der Waals surface area (Å²) in [4.78, 5) is 17.5. The number of fused-ring (bicyclic) bond motifs is 2. The van der Waals surface area contributed by atoms with Crippen LogP contribution in [0.4, 0.5) is 0 Å². The summed E-state index contributed by atoms with van der Waals surface area (Å²) < 4.78 is 10.8. The van der Waals surface area contributed by atoms with Gasteiger partial charge in [-0.05, 0) is 59.9 Å². The molecule has 0 fully saturated rings. The van der Waals surface area contributed by atoms with Crippen LogP contribution in [0.2, 0.25) is 0 Å². The van der Waals surface area contributed by atoms with E-state index in [4.69, 9.17) is 21.7 Å². The van der Waals surface area contributed by atoms with Crippen molar-refractivity contribution >= 4 is 28.2 Å². The molecule has 0 radical (unpaired) electrons. The van der Waals surface area contributed by atoms with Gasteiger partial charge in [0.15, 0.2) is 16.6 Å². The van der Waals surface area contributed by atoms with Gasteiger partial charge in [-0.15, -0.1) is 0 Å². The smallest absolute Gasteiger partial charge is 0.253 e. The molecular weight excluding hydrogens is 374 g/mol. The molecule has 0 saturated heterocycles. The van der Waals surface area contributed by atoms with E-state index in [1.807, 2.05) is 54.3 Å². The third kappa shape index (κ3) is 3.66. The first-order chi connectivity index (χ1) is 13.5. The fourth-order valence-corrected chi connectivity index (χ4v) is 3.43. The van der Waals surface area contributed by atoms with E-state index in [1.165, 1.54) is 0 Å². The number of H-pyrrole nitrogens is 1. The number of nitrogens with zero attached hydrogens (tertiary/aromatic N) is 1. The largest absolute Gasteiger partial charge is 0.454 e. The molecule has 6 nitrogen and oxygen atoms in total. The Bertz CT molecular complexity index is 1110. The second-order valence-electron chi connectivity index (χ2n) is 6.81. The van der Waals surface area contributed by atoms with Crippen LogP contribution in [0.1, 0.15) is 16.7 Å². The monoisotopic (exact) mass is 395 g/mol. The second kappa shape index (κ2) is 7.52. The Kier molecular flexibility index (Phi) is 4.92. The van der Waals surface area contributed by atoms with Crippen molar-refractivity contribution in [3.05, 3.63) is 69.5 Å². The Balaban J connectivity index is 1.62. The Hall–Kier alpha value is -3.06. The number of ether oxygens (including phenoxy) is 2. The molecule has 28 heavy (non-hydrogen) atoms. The minimum Gasteiger partial charge on any atom is -0.454 e. The zero-order valence-electron chi connectivity index (χ0n) is 15.7. The average molecular weight is 395 g/mol. The van der Waals surface area contributed by atoms with Crippen molar-refractivity contribution in [3.63, 3.8) is 0 Å². The molecule has 2 heterocycles. The maximum atomic E-state index is 12.6. The van der Waals surface area contributed by atoms with Gasteiger partial charge in [0, 0.05) is 24.7 Å². The van der Waals surface area contributed by atoms with Crippen LogP contribution in [-0.2, 0) is 13.1 Å². The van der Waals surface area contributed by atoms with E-state index in [0.717, 1.165) is 33.5 Å². The lowest BCUT2D eigenvalue weighted by Crippen LogP contribution is -2.38. The number of pyridine rings is 1. The van der Waals surface area contributed by atoms with Gasteiger partial charge < -0.3 is 24.7 Å². The highest BCUT2D eigenvalue weighted by molar-refractivity contribution is 7.80. The van der Waals surface area contributed by atoms with E-state index < -0.39 is 0 Å². The standard InChI is InChI=1S/C21H21N3O3S/c1-13-3-5-15-9-16(20(25)23-17(15)7-13)11-24(21(28)22-2)10-14-4-6-18-19(8-14)27-12-26-18/h3-9H,10-12H2,1-2H3,(H,22,28)(H,23,25). The number of rotatable bonds is 4. The van der Waals surface area contributed by atoms with Gasteiger partial charge in [-0.1, -0.05) is 18.2 Å². The summed E-state index contributed by atoms with van der Waals surface area (Å²) >= 11 is 5.48. The van der Waals surface area contributed by atoms with Crippen LogP contribution < -0.4 is 20.3 Å². The summed E-state index contributed by atoms with van der Waals surface area (Å²) in [6.45, 7) is 3.18. The van der Waals surface area contributed by atoms with Crippen molar-refractivity contribution in [2.75, 3.05) is 13.8 Å². The molecule has 1 aromatic heterocycles. The highest BCUT2D eigenvalue weighted by Crippen LogP contribution is 2.32. The van der Waals surface area contributed by atoms with Gasteiger partial charge in [0.1, 0.15) is 0 Å². The number of benzene rings is 2. The van der Waals surface area contributed by atoms with Gasteiger partial charge in [-0.25, -0.2) is 0 Å². The van der Waals surface area contributed by atoms with Gasteiger partial charge >= 0.3 is 0 Å². The van der Waals surface area contributed by atoms with Crippen molar-refractivity contribution < 1.29 is 9.47 Å². The molecule has 1 aliphatic rings. The predicted molar refractivity (Wildman–Crippen MR) is 113 cm³/mol. The number of thiocarbonyl (C=S) groups is 1. The predicted octanol–water partition coefficient (Wildman–Crippen LogP) is 3.07. The summed E-state index contributed by atoms with van der Waals surface area (Å²) in [6, 6.07) is 13.8. The number of aryl methyl sites for hydroxylation is 1. The summed E-state index contributed by atoms with van der Waals surface area (Å²) in [7, 11) is 1.78. The molecule has 0 amide bonds. The third-order valence-corrected chi connectivity index (χ3v) is 5.21. The topological polar surface area (TPSA) is 66.6 Å². The SMILES string of the molecule is CNC(=S)N(Cc1ccc2c(c1)OCO2)Cc1cc2ccc(C)cc2[nH]c1=O. The normalized spacial score (nSPS) is 12.2. The minimum absolute atomic E-state index is 0.104. The number of aromatic nitrogens is 1. The Morgan fingerprint density at radius 3 is 2.79 bits per heavy atom. The number of nitrogens with one attached hydrogen (secondary N) is 2. The number of hydrogen-bond acceptors (Lipinski definition) is 4. The van der Waals surface area contributed by atoms with E-state index in [1.54, 1.807) is 7.05 Å². The van der Waals surface area contributed by atoms with Crippen LogP contribution in [0.5, 0.6) is 11.5 Å². The van der Waals surface area contributed by atoms with Crippen LogP contribution in [0.25, 0.3) is 10.9 Å². The second-order valence-corrected chi connectivity index (χ2v) is 7.20. The van der Waals surface area contributed by atoms with Gasteiger partial charge in [0.25, 0.3) is 5.56 Å². The molecule has 0 saturated carbocycles. The van der Waals surface area contributed by atoms with Crippen molar-refractivity contribution in [2.45, 2.75) is 20.0 Å². The molecule has 144 valence electrons. The molecule has 0 spiro atoms. The van der Waals surface area contributed by atoms with Gasteiger partial charge in [-0.2, -0.15) is 0 Å². The maximum absolute atomic E-state index is 12.6. The molecule has 0 bridgehead atoms.